The zero-order chi connectivity index (χ0) is 20.0. The van der Waals surface area contributed by atoms with Gasteiger partial charge in [0.1, 0.15) is 0 Å². The van der Waals surface area contributed by atoms with Crippen molar-refractivity contribution in [1.82, 2.24) is 10.2 Å². The highest BCUT2D eigenvalue weighted by Crippen LogP contribution is 2.39. The molecule has 1 atom stereocenters. The Labute approximate surface area is 168 Å². The molecule has 2 amide bonds. The smallest absolute Gasteiger partial charge is 0.222 e. The number of hydrogen-bond donors (Lipinski definition) is 1. The van der Waals surface area contributed by atoms with Gasteiger partial charge in [0, 0.05) is 39.1 Å². The van der Waals surface area contributed by atoms with Crippen molar-refractivity contribution in [2.45, 2.75) is 64.5 Å². The van der Waals surface area contributed by atoms with Crippen LogP contribution in [0.4, 0.5) is 0 Å². The van der Waals surface area contributed by atoms with Gasteiger partial charge < -0.3 is 15.0 Å². The van der Waals surface area contributed by atoms with Gasteiger partial charge in [-0.15, -0.1) is 0 Å². The molecular weight excluding hydrogens is 352 g/mol. The average molecular weight is 387 g/mol. The number of piperidine rings is 1. The second-order valence-electron chi connectivity index (χ2n) is 8.84. The number of carbonyl (C=O) groups excluding carboxylic acids is 2. The van der Waals surface area contributed by atoms with Crippen LogP contribution in [0.5, 0.6) is 0 Å². The standard InChI is InChI=1S/C23H34N2O3/c1-18(2)14-22(27)25-11-9-23(10-12-25)16-20(8-13-28-23)15-21(26)24-17-19-6-4-3-5-7-19/h3-7,18,20H,8-17H2,1-2H3,(H,24,26). The highest BCUT2D eigenvalue weighted by molar-refractivity contribution is 5.76. The van der Waals surface area contributed by atoms with Crippen molar-refractivity contribution in [3.05, 3.63) is 35.9 Å². The molecule has 2 saturated heterocycles. The second-order valence-corrected chi connectivity index (χ2v) is 8.84. The number of benzene rings is 1. The molecule has 3 rings (SSSR count). The van der Waals surface area contributed by atoms with Crippen LogP contribution < -0.4 is 5.32 Å². The number of ether oxygens (including phenoxy) is 1. The largest absolute Gasteiger partial charge is 0.375 e. The molecule has 2 fully saturated rings. The maximum atomic E-state index is 12.4. The lowest BCUT2D eigenvalue weighted by atomic mass is 9.78. The third kappa shape index (κ3) is 5.81. The molecule has 1 N–H and O–H groups in total. The summed E-state index contributed by atoms with van der Waals surface area (Å²) >= 11 is 0. The molecular formula is C23H34N2O3. The number of hydrogen-bond acceptors (Lipinski definition) is 3. The molecule has 5 nitrogen and oxygen atoms in total. The lowest BCUT2D eigenvalue weighted by molar-refractivity contribution is -0.149. The van der Waals surface area contributed by atoms with Crippen molar-refractivity contribution in [2.75, 3.05) is 19.7 Å². The minimum absolute atomic E-state index is 0.121. The Bertz CT molecular complexity index is 651. The Hall–Kier alpha value is -1.88. The first-order valence-electron chi connectivity index (χ1n) is 10.7. The number of rotatable bonds is 6. The maximum Gasteiger partial charge on any atom is 0.222 e. The van der Waals surface area contributed by atoms with Gasteiger partial charge in [0.05, 0.1) is 5.60 Å². The second kappa shape index (κ2) is 9.55. The number of carbonyl (C=O) groups is 2. The van der Waals surface area contributed by atoms with Crippen LogP contribution >= 0.6 is 0 Å². The van der Waals surface area contributed by atoms with E-state index in [0.29, 0.717) is 31.2 Å². The van der Waals surface area contributed by atoms with E-state index >= 15 is 0 Å². The summed E-state index contributed by atoms with van der Waals surface area (Å²) in [6.45, 7) is 7.02. The molecule has 0 radical (unpaired) electrons. The molecule has 0 aliphatic carbocycles. The summed E-state index contributed by atoms with van der Waals surface area (Å²) in [6.07, 6.45) is 4.83. The van der Waals surface area contributed by atoms with Crippen molar-refractivity contribution in [2.24, 2.45) is 11.8 Å². The first-order valence-corrected chi connectivity index (χ1v) is 10.7. The summed E-state index contributed by atoms with van der Waals surface area (Å²) in [4.78, 5) is 26.7. The zero-order valence-electron chi connectivity index (χ0n) is 17.3. The number of amides is 2. The summed E-state index contributed by atoms with van der Waals surface area (Å²) in [5.41, 5.74) is 0.981. The van der Waals surface area contributed by atoms with Crippen molar-refractivity contribution in [3.8, 4) is 0 Å². The quantitative estimate of drug-likeness (QED) is 0.814. The predicted octanol–water partition coefficient (Wildman–Crippen LogP) is 3.53. The van der Waals surface area contributed by atoms with Crippen LogP contribution in [-0.4, -0.2) is 42.0 Å². The maximum absolute atomic E-state index is 12.4. The Morgan fingerprint density at radius 2 is 1.93 bits per heavy atom. The lowest BCUT2D eigenvalue weighted by Crippen LogP contribution is -2.51. The van der Waals surface area contributed by atoms with E-state index in [1.807, 2.05) is 35.2 Å². The number of likely N-dealkylation sites (tertiary alicyclic amines) is 1. The first kappa shape index (κ1) is 20.8. The Morgan fingerprint density at radius 3 is 2.61 bits per heavy atom. The minimum Gasteiger partial charge on any atom is -0.375 e. The predicted molar refractivity (Wildman–Crippen MR) is 110 cm³/mol. The SMILES string of the molecule is CC(C)CC(=O)N1CCC2(CC1)CC(CC(=O)NCc1ccccc1)CCO2. The summed E-state index contributed by atoms with van der Waals surface area (Å²) in [7, 11) is 0. The van der Waals surface area contributed by atoms with Crippen molar-refractivity contribution >= 4 is 11.8 Å². The Balaban J connectivity index is 1.45. The van der Waals surface area contributed by atoms with Gasteiger partial charge >= 0.3 is 0 Å². The molecule has 5 heteroatoms. The molecule has 1 aromatic rings. The van der Waals surface area contributed by atoms with E-state index in [2.05, 4.69) is 19.2 Å². The zero-order valence-corrected chi connectivity index (χ0v) is 17.3. The van der Waals surface area contributed by atoms with Crippen LogP contribution in [-0.2, 0) is 20.9 Å². The van der Waals surface area contributed by atoms with Gasteiger partial charge in [0.2, 0.25) is 11.8 Å². The van der Waals surface area contributed by atoms with Gasteiger partial charge in [-0.3, -0.25) is 9.59 Å². The minimum atomic E-state index is -0.142. The first-order chi connectivity index (χ1) is 13.5. The fourth-order valence-corrected chi connectivity index (χ4v) is 4.42. The third-order valence-electron chi connectivity index (χ3n) is 6.01. The highest BCUT2D eigenvalue weighted by Gasteiger charge is 2.41. The summed E-state index contributed by atoms with van der Waals surface area (Å²) in [5.74, 6) is 1.14. The van der Waals surface area contributed by atoms with Gasteiger partial charge in [0.25, 0.3) is 0 Å². The van der Waals surface area contributed by atoms with Gasteiger partial charge in [-0.1, -0.05) is 44.2 Å². The van der Waals surface area contributed by atoms with Crippen LogP contribution in [0.15, 0.2) is 30.3 Å². The molecule has 28 heavy (non-hydrogen) atoms. The van der Waals surface area contributed by atoms with Crippen LogP contribution in [0.3, 0.4) is 0 Å². The van der Waals surface area contributed by atoms with E-state index in [0.717, 1.165) is 50.9 Å². The third-order valence-corrected chi connectivity index (χ3v) is 6.01. The molecule has 0 saturated carbocycles. The van der Waals surface area contributed by atoms with Gasteiger partial charge in [-0.05, 0) is 43.1 Å². The molecule has 2 heterocycles. The molecule has 0 bridgehead atoms. The molecule has 154 valence electrons. The van der Waals surface area contributed by atoms with E-state index in [9.17, 15) is 9.59 Å². The molecule has 0 aromatic heterocycles. The fourth-order valence-electron chi connectivity index (χ4n) is 4.42. The van der Waals surface area contributed by atoms with E-state index in [4.69, 9.17) is 4.74 Å². The number of nitrogens with one attached hydrogen (secondary N) is 1. The average Bonchev–Trinajstić information content (AvgIpc) is 2.67. The van der Waals surface area contributed by atoms with Crippen LogP contribution in [0.2, 0.25) is 0 Å². The van der Waals surface area contributed by atoms with E-state index < -0.39 is 0 Å². The normalized spacial score (nSPS) is 21.7. The highest BCUT2D eigenvalue weighted by atomic mass is 16.5. The van der Waals surface area contributed by atoms with Gasteiger partial charge in [-0.25, -0.2) is 0 Å². The van der Waals surface area contributed by atoms with Crippen LogP contribution in [0.25, 0.3) is 0 Å². The molecule has 2 aliphatic rings. The van der Waals surface area contributed by atoms with Crippen molar-refractivity contribution < 1.29 is 14.3 Å². The van der Waals surface area contributed by atoms with Crippen molar-refractivity contribution in [3.63, 3.8) is 0 Å². The van der Waals surface area contributed by atoms with E-state index in [1.165, 1.54) is 0 Å². The number of nitrogens with zero attached hydrogens (tertiary/aromatic N) is 1. The monoisotopic (exact) mass is 386 g/mol. The molecule has 2 aliphatic heterocycles. The molecule has 1 spiro atoms. The van der Waals surface area contributed by atoms with E-state index in [-0.39, 0.29) is 17.4 Å². The summed E-state index contributed by atoms with van der Waals surface area (Å²) < 4.78 is 6.19. The summed E-state index contributed by atoms with van der Waals surface area (Å²) in [6, 6.07) is 10.0. The Morgan fingerprint density at radius 1 is 1.21 bits per heavy atom. The summed E-state index contributed by atoms with van der Waals surface area (Å²) in [5, 5.41) is 3.05. The topological polar surface area (TPSA) is 58.6 Å². The lowest BCUT2D eigenvalue weighted by Gasteiger charge is -2.46. The molecule has 1 aromatic carbocycles. The van der Waals surface area contributed by atoms with Gasteiger partial charge in [-0.2, -0.15) is 0 Å². The molecule has 1 unspecified atom stereocenters. The fraction of sp³-hybridized carbons (Fsp3) is 0.652. The van der Waals surface area contributed by atoms with Crippen LogP contribution in [0.1, 0.15) is 57.9 Å². The van der Waals surface area contributed by atoms with Crippen LogP contribution in [0, 0.1) is 11.8 Å². The van der Waals surface area contributed by atoms with Crippen molar-refractivity contribution in [1.29, 1.82) is 0 Å². The Kier molecular flexibility index (Phi) is 7.11. The van der Waals surface area contributed by atoms with E-state index in [1.54, 1.807) is 0 Å². The van der Waals surface area contributed by atoms with Gasteiger partial charge in [0.15, 0.2) is 0 Å².